The van der Waals surface area contributed by atoms with Gasteiger partial charge in [0.1, 0.15) is 11.1 Å². The van der Waals surface area contributed by atoms with Gasteiger partial charge in [0, 0.05) is 17.3 Å². The number of carbonyl (C=O) groups is 1. The molecular weight excluding hydrogens is 340 g/mol. The van der Waals surface area contributed by atoms with Gasteiger partial charge in [0.15, 0.2) is 5.13 Å². The minimum absolute atomic E-state index is 0.109. The number of thiazole rings is 1. The zero-order chi connectivity index (χ0) is 17.4. The maximum absolute atomic E-state index is 12.4. The van der Waals surface area contributed by atoms with Crippen LogP contribution in [0.25, 0.3) is 0 Å². The molecule has 2 rings (SSSR count). The van der Waals surface area contributed by atoms with E-state index >= 15 is 0 Å². The molecular formula is C17H20N4OS2. The second-order valence-corrected chi connectivity index (χ2v) is 7.30. The highest BCUT2D eigenvalue weighted by Gasteiger charge is 2.21. The van der Waals surface area contributed by atoms with Crippen LogP contribution in [0, 0.1) is 11.3 Å². The lowest BCUT2D eigenvalue weighted by Crippen LogP contribution is -2.24. The Labute approximate surface area is 150 Å². The topological polar surface area (TPSA) is 78.7 Å². The van der Waals surface area contributed by atoms with E-state index in [9.17, 15) is 10.1 Å². The number of aryl methyl sites for hydroxylation is 1. The summed E-state index contributed by atoms with van der Waals surface area (Å²) in [6.07, 6.45) is 5.34. The van der Waals surface area contributed by atoms with Gasteiger partial charge in [-0.2, -0.15) is 5.26 Å². The summed E-state index contributed by atoms with van der Waals surface area (Å²) in [4.78, 5) is 21.1. The number of nitrogens with zero attached hydrogens (tertiary/aromatic N) is 3. The highest BCUT2D eigenvalue weighted by molar-refractivity contribution is 8.00. The Morgan fingerprint density at radius 3 is 2.92 bits per heavy atom. The van der Waals surface area contributed by atoms with Gasteiger partial charge in [0.25, 0.3) is 0 Å². The SMILES string of the molecule is CCCCc1ccc(C#N)c(SC(CC)C(=O)Nc2nccs2)n1. The van der Waals surface area contributed by atoms with Crippen molar-refractivity contribution in [3.05, 3.63) is 35.0 Å². The maximum atomic E-state index is 12.4. The summed E-state index contributed by atoms with van der Waals surface area (Å²) >= 11 is 2.73. The van der Waals surface area contributed by atoms with Gasteiger partial charge in [-0.15, -0.1) is 11.3 Å². The summed E-state index contributed by atoms with van der Waals surface area (Å²) < 4.78 is 0. The van der Waals surface area contributed by atoms with E-state index < -0.39 is 0 Å². The van der Waals surface area contributed by atoms with E-state index in [1.54, 1.807) is 12.3 Å². The summed E-state index contributed by atoms with van der Waals surface area (Å²) in [5.41, 5.74) is 1.48. The van der Waals surface area contributed by atoms with Gasteiger partial charge in [-0.25, -0.2) is 9.97 Å². The third-order valence-electron chi connectivity index (χ3n) is 3.40. The number of rotatable bonds is 8. The van der Waals surface area contributed by atoms with Gasteiger partial charge in [-0.05, 0) is 31.4 Å². The van der Waals surface area contributed by atoms with Gasteiger partial charge in [-0.3, -0.25) is 4.79 Å². The molecule has 2 heterocycles. The third-order valence-corrected chi connectivity index (χ3v) is 5.46. The number of anilines is 1. The van der Waals surface area contributed by atoms with Crippen molar-refractivity contribution in [3.8, 4) is 6.07 Å². The van der Waals surface area contributed by atoms with E-state index in [-0.39, 0.29) is 11.2 Å². The van der Waals surface area contributed by atoms with Gasteiger partial charge >= 0.3 is 0 Å². The van der Waals surface area contributed by atoms with Gasteiger partial charge in [0.05, 0.1) is 10.8 Å². The van der Waals surface area contributed by atoms with Crippen molar-refractivity contribution in [1.82, 2.24) is 9.97 Å². The van der Waals surface area contributed by atoms with Crippen LogP contribution < -0.4 is 5.32 Å². The molecule has 0 aromatic carbocycles. The largest absolute Gasteiger partial charge is 0.301 e. The molecule has 2 aromatic rings. The molecule has 126 valence electrons. The summed E-state index contributed by atoms with van der Waals surface area (Å²) in [6, 6.07) is 5.86. The Morgan fingerprint density at radius 1 is 1.46 bits per heavy atom. The Bertz CT molecular complexity index is 710. The van der Waals surface area contributed by atoms with Gasteiger partial charge in [-0.1, -0.05) is 32.0 Å². The van der Waals surface area contributed by atoms with Gasteiger partial charge < -0.3 is 5.32 Å². The highest BCUT2D eigenvalue weighted by Crippen LogP contribution is 2.28. The van der Waals surface area contributed by atoms with E-state index in [4.69, 9.17) is 0 Å². The van der Waals surface area contributed by atoms with E-state index in [2.05, 4.69) is 28.3 Å². The highest BCUT2D eigenvalue weighted by atomic mass is 32.2. The predicted molar refractivity (Wildman–Crippen MR) is 98.2 cm³/mol. The van der Waals surface area contributed by atoms with E-state index in [0.717, 1.165) is 25.0 Å². The summed E-state index contributed by atoms with van der Waals surface area (Å²) in [7, 11) is 0. The first-order valence-corrected chi connectivity index (χ1v) is 9.70. The molecule has 0 aliphatic heterocycles. The molecule has 0 fully saturated rings. The molecule has 1 amide bonds. The summed E-state index contributed by atoms with van der Waals surface area (Å²) in [5.74, 6) is -0.109. The minimum Gasteiger partial charge on any atom is -0.301 e. The lowest BCUT2D eigenvalue weighted by Gasteiger charge is -2.14. The average Bonchev–Trinajstić information content (AvgIpc) is 3.10. The predicted octanol–water partition coefficient (Wildman–Crippen LogP) is 4.26. The van der Waals surface area contributed by atoms with Crippen molar-refractivity contribution in [2.24, 2.45) is 0 Å². The number of hydrogen-bond donors (Lipinski definition) is 1. The second kappa shape index (κ2) is 9.40. The standard InChI is InChI=1S/C17H20N4OS2/c1-3-5-6-13-8-7-12(11-18)16(20-13)24-14(4-2)15(22)21-17-19-9-10-23-17/h7-10,14H,3-6H2,1-2H3,(H,19,21,22). The normalized spacial score (nSPS) is 11.7. The molecule has 0 spiro atoms. The van der Waals surface area contributed by atoms with Crippen molar-refractivity contribution in [3.63, 3.8) is 0 Å². The van der Waals surface area contributed by atoms with Crippen LogP contribution in [-0.4, -0.2) is 21.1 Å². The Kier molecular flexibility index (Phi) is 7.22. The fourth-order valence-electron chi connectivity index (χ4n) is 2.08. The van der Waals surface area contributed by atoms with Crippen LogP contribution in [0.15, 0.2) is 28.7 Å². The zero-order valence-electron chi connectivity index (χ0n) is 13.8. The monoisotopic (exact) mass is 360 g/mol. The van der Waals surface area contributed by atoms with Crippen LogP contribution in [0.1, 0.15) is 44.4 Å². The number of carbonyl (C=O) groups excluding carboxylic acids is 1. The molecule has 7 heteroatoms. The number of amides is 1. The molecule has 1 unspecified atom stereocenters. The van der Waals surface area contributed by atoms with Crippen LogP contribution in [0.5, 0.6) is 0 Å². The Hall–Kier alpha value is -1.91. The van der Waals surface area contributed by atoms with Crippen LogP contribution >= 0.6 is 23.1 Å². The molecule has 2 aromatic heterocycles. The summed E-state index contributed by atoms with van der Waals surface area (Å²) in [5, 5.41) is 14.8. The van der Waals surface area contributed by atoms with Gasteiger partial charge in [0.2, 0.25) is 5.91 Å². The zero-order valence-corrected chi connectivity index (χ0v) is 15.4. The number of nitriles is 1. The fraction of sp³-hybridized carbons (Fsp3) is 0.412. The van der Waals surface area contributed by atoms with Crippen molar-refractivity contribution in [1.29, 1.82) is 5.26 Å². The van der Waals surface area contributed by atoms with Crippen molar-refractivity contribution >= 4 is 34.1 Å². The lowest BCUT2D eigenvalue weighted by molar-refractivity contribution is -0.115. The molecule has 24 heavy (non-hydrogen) atoms. The lowest BCUT2D eigenvalue weighted by atomic mass is 10.2. The van der Waals surface area contributed by atoms with Crippen molar-refractivity contribution < 1.29 is 4.79 Å². The number of thioether (sulfide) groups is 1. The third kappa shape index (κ3) is 5.05. The number of aromatic nitrogens is 2. The fourth-order valence-corrected chi connectivity index (χ4v) is 3.62. The van der Waals surface area contributed by atoms with E-state index in [1.807, 2.05) is 18.4 Å². The van der Waals surface area contributed by atoms with Crippen LogP contribution in [-0.2, 0) is 11.2 Å². The molecule has 0 bridgehead atoms. The molecule has 1 N–H and O–H groups in total. The second-order valence-electron chi connectivity index (χ2n) is 5.21. The number of nitrogens with one attached hydrogen (secondary N) is 1. The summed E-state index contributed by atoms with van der Waals surface area (Å²) in [6.45, 7) is 4.08. The number of pyridine rings is 1. The number of hydrogen-bond acceptors (Lipinski definition) is 6. The molecule has 0 radical (unpaired) electrons. The first-order valence-electron chi connectivity index (χ1n) is 7.95. The van der Waals surface area contributed by atoms with E-state index in [0.29, 0.717) is 22.1 Å². The molecule has 0 saturated heterocycles. The first kappa shape index (κ1) is 18.4. The smallest absolute Gasteiger partial charge is 0.239 e. The number of unbranched alkanes of at least 4 members (excludes halogenated alkanes) is 1. The maximum Gasteiger partial charge on any atom is 0.239 e. The average molecular weight is 361 g/mol. The molecule has 1 atom stereocenters. The Balaban J connectivity index is 2.13. The molecule has 0 aliphatic rings. The Morgan fingerprint density at radius 2 is 2.29 bits per heavy atom. The first-order chi connectivity index (χ1) is 11.7. The molecule has 0 saturated carbocycles. The van der Waals surface area contributed by atoms with Crippen LogP contribution in [0.4, 0.5) is 5.13 Å². The molecule has 5 nitrogen and oxygen atoms in total. The minimum atomic E-state index is -0.310. The van der Waals surface area contributed by atoms with Crippen LogP contribution in [0.3, 0.4) is 0 Å². The molecule has 0 aliphatic carbocycles. The van der Waals surface area contributed by atoms with Crippen LogP contribution in [0.2, 0.25) is 0 Å². The van der Waals surface area contributed by atoms with E-state index in [1.165, 1.54) is 23.1 Å². The van der Waals surface area contributed by atoms with Crippen molar-refractivity contribution in [2.45, 2.75) is 49.8 Å². The van der Waals surface area contributed by atoms with Crippen molar-refractivity contribution in [2.75, 3.05) is 5.32 Å². The quantitative estimate of drug-likeness (QED) is 0.712.